The molecular formula is C22H23N5O3. The Hall–Kier alpha value is -3.04. The van der Waals surface area contributed by atoms with E-state index >= 15 is 0 Å². The number of nitrogens with one attached hydrogen (secondary N) is 2. The highest BCUT2D eigenvalue weighted by Gasteiger charge is 2.43. The van der Waals surface area contributed by atoms with Crippen LogP contribution in [0.5, 0.6) is 0 Å². The monoisotopic (exact) mass is 405 g/mol. The second-order valence-electron chi connectivity index (χ2n) is 7.57. The summed E-state index contributed by atoms with van der Waals surface area (Å²) < 4.78 is 1.62. The van der Waals surface area contributed by atoms with E-state index in [2.05, 4.69) is 16.0 Å². The number of hydrogen-bond donors (Lipinski definition) is 2. The van der Waals surface area contributed by atoms with E-state index in [0.717, 1.165) is 42.3 Å². The van der Waals surface area contributed by atoms with Crippen LogP contribution in [0.25, 0.3) is 16.9 Å². The molecule has 1 spiro atoms. The molecule has 1 saturated carbocycles. The van der Waals surface area contributed by atoms with Crippen LogP contribution in [0.1, 0.15) is 42.6 Å². The van der Waals surface area contributed by atoms with Gasteiger partial charge in [0.1, 0.15) is 5.69 Å². The number of amides is 1. The van der Waals surface area contributed by atoms with Crippen molar-refractivity contribution in [2.45, 2.75) is 37.8 Å². The van der Waals surface area contributed by atoms with E-state index in [1.807, 2.05) is 60.7 Å². The van der Waals surface area contributed by atoms with Crippen LogP contribution < -0.4 is 10.9 Å². The molecule has 0 atom stereocenters. The van der Waals surface area contributed by atoms with E-state index in [0.29, 0.717) is 11.4 Å². The Bertz CT molecular complexity index is 1020. The van der Waals surface area contributed by atoms with Crippen molar-refractivity contribution in [1.29, 1.82) is 0 Å². The Balaban J connectivity index is 1.41. The summed E-state index contributed by atoms with van der Waals surface area (Å²) >= 11 is 0. The Morgan fingerprint density at radius 3 is 2.43 bits per heavy atom. The largest absolute Gasteiger partial charge is 0.288 e. The number of rotatable bonds is 4. The van der Waals surface area contributed by atoms with Gasteiger partial charge in [0.05, 0.1) is 16.7 Å². The molecule has 1 aromatic heterocycles. The summed E-state index contributed by atoms with van der Waals surface area (Å²) in [5.74, 6) is -0.386. The number of carbonyl (C=O) groups is 1. The van der Waals surface area contributed by atoms with E-state index < -0.39 is 5.72 Å². The Morgan fingerprint density at radius 2 is 1.70 bits per heavy atom. The minimum Gasteiger partial charge on any atom is -0.266 e. The maximum absolute atomic E-state index is 13.1. The molecule has 0 radical (unpaired) electrons. The number of hydrazine groups is 1. The summed E-state index contributed by atoms with van der Waals surface area (Å²) in [7, 11) is 0. The SMILES string of the molecule is O=C(NN1ONC2(CCCCC2)O1)c1cc(-c2ccccc2)nn1-c1ccccc1. The molecule has 2 heterocycles. The molecule has 30 heavy (non-hydrogen) atoms. The van der Waals surface area contributed by atoms with Crippen molar-refractivity contribution < 1.29 is 14.6 Å². The molecule has 2 aliphatic rings. The zero-order valence-corrected chi connectivity index (χ0v) is 16.5. The molecule has 5 rings (SSSR count). The number of aromatic nitrogens is 2. The van der Waals surface area contributed by atoms with Crippen molar-refractivity contribution in [3.63, 3.8) is 0 Å². The van der Waals surface area contributed by atoms with Gasteiger partial charge in [0, 0.05) is 5.56 Å². The standard InChI is InChI=1S/C22H23N5O3/c28-21(24-27-29-22(25-30-27)14-8-3-9-15-22)20-16-19(17-10-4-1-5-11-17)23-26(20)18-12-6-2-7-13-18/h1-2,4-7,10-13,16,25H,3,8-9,14-15H2,(H,24,28). The molecule has 2 N–H and O–H groups in total. The Kier molecular flexibility index (Phi) is 5.06. The van der Waals surface area contributed by atoms with Crippen molar-refractivity contribution >= 4 is 5.91 Å². The van der Waals surface area contributed by atoms with Crippen molar-refractivity contribution in [2.75, 3.05) is 0 Å². The van der Waals surface area contributed by atoms with Gasteiger partial charge in [-0.1, -0.05) is 55.0 Å². The third-order valence-corrected chi connectivity index (χ3v) is 5.44. The predicted octanol–water partition coefficient (Wildman–Crippen LogP) is 3.53. The molecule has 0 unspecified atom stereocenters. The average molecular weight is 405 g/mol. The van der Waals surface area contributed by atoms with E-state index in [9.17, 15) is 4.79 Å². The molecule has 2 fully saturated rings. The third kappa shape index (κ3) is 3.73. The number of carbonyl (C=O) groups excluding carboxylic acids is 1. The van der Waals surface area contributed by atoms with Gasteiger partial charge in [-0.25, -0.2) is 14.9 Å². The molecule has 0 bridgehead atoms. The van der Waals surface area contributed by atoms with E-state index in [-0.39, 0.29) is 5.91 Å². The summed E-state index contributed by atoms with van der Waals surface area (Å²) in [5, 5.41) is 5.68. The van der Waals surface area contributed by atoms with Gasteiger partial charge in [-0.05, 0) is 43.9 Å². The molecule has 8 heteroatoms. The summed E-state index contributed by atoms with van der Waals surface area (Å²) in [5.41, 5.74) is 7.81. The van der Waals surface area contributed by atoms with Crippen molar-refractivity contribution in [2.24, 2.45) is 0 Å². The number of nitrogens with zero attached hydrogens (tertiary/aromatic N) is 3. The van der Waals surface area contributed by atoms with Gasteiger partial charge in [-0.2, -0.15) is 10.0 Å². The molecule has 3 aromatic rings. The lowest BCUT2D eigenvalue weighted by molar-refractivity contribution is -0.352. The molecule has 1 aliphatic heterocycles. The van der Waals surface area contributed by atoms with Crippen LogP contribution in [-0.4, -0.2) is 26.7 Å². The number of benzene rings is 2. The lowest BCUT2D eigenvalue weighted by atomic mass is 9.92. The van der Waals surface area contributed by atoms with Gasteiger partial charge in [0.2, 0.25) is 0 Å². The highest BCUT2D eigenvalue weighted by atomic mass is 17.1. The molecule has 154 valence electrons. The van der Waals surface area contributed by atoms with Gasteiger partial charge < -0.3 is 0 Å². The fourth-order valence-corrected chi connectivity index (χ4v) is 3.88. The smallest absolute Gasteiger partial charge is 0.266 e. The molecular weight excluding hydrogens is 382 g/mol. The molecule has 2 aromatic carbocycles. The summed E-state index contributed by atoms with van der Waals surface area (Å²) in [4.78, 5) is 24.3. The first-order valence-corrected chi connectivity index (χ1v) is 10.2. The third-order valence-electron chi connectivity index (χ3n) is 5.44. The van der Waals surface area contributed by atoms with Crippen molar-refractivity contribution in [3.05, 3.63) is 72.4 Å². The number of para-hydroxylation sites is 1. The van der Waals surface area contributed by atoms with Gasteiger partial charge in [0.15, 0.2) is 5.72 Å². The fraction of sp³-hybridized carbons (Fsp3) is 0.273. The Labute approximate surface area is 174 Å². The zero-order valence-electron chi connectivity index (χ0n) is 16.5. The topological polar surface area (TPSA) is 80.7 Å². The molecule has 8 nitrogen and oxygen atoms in total. The number of hydrogen-bond acceptors (Lipinski definition) is 6. The van der Waals surface area contributed by atoms with E-state index in [1.165, 1.54) is 6.42 Å². The molecule has 1 aliphatic carbocycles. The minimum absolute atomic E-state index is 0.372. The highest BCUT2D eigenvalue weighted by molar-refractivity contribution is 5.94. The maximum atomic E-state index is 13.1. The second-order valence-corrected chi connectivity index (χ2v) is 7.57. The molecule has 1 amide bonds. The van der Waals surface area contributed by atoms with Gasteiger partial charge in [0.25, 0.3) is 5.91 Å². The van der Waals surface area contributed by atoms with Crippen LogP contribution in [0.4, 0.5) is 0 Å². The van der Waals surface area contributed by atoms with Crippen LogP contribution in [0.15, 0.2) is 66.7 Å². The van der Waals surface area contributed by atoms with Crippen LogP contribution >= 0.6 is 0 Å². The van der Waals surface area contributed by atoms with E-state index in [1.54, 1.807) is 10.7 Å². The summed E-state index contributed by atoms with van der Waals surface area (Å²) in [6.45, 7) is 0. The highest BCUT2D eigenvalue weighted by Crippen LogP contribution is 2.33. The maximum Gasteiger partial charge on any atom is 0.288 e. The quantitative estimate of drug-likeness (QED) is 0.691. The number of hydroxylamine groups is 1. The normalized spacial score (nSPS) is 18.5. The summed E-state index contributed by atoms with van der Waals surface area (Å²) in [6.07, 6.45) is 4.95. The van der Waals surface area contributed by atoms with Gasteiger partial charge in [-0.3, -0.25) is 4.79 Å². The first kappa shape index (κ1) is 19.0. The molecule has 1 saturated heterocycles. The van der Waals surface area contributed by atoms with Crippen LogP contribution in [0.3, 0.4) is 0 Å². The van der Waals surface area contributed by atoms with Gasteiger partial charge in [-0.15, -0.1) is 5.48 Å². The van der Waals surface area contributed by atoms with Crippen LogP contribution in [-0.2, 0) is 9.78 Å². The van der Waals surface area contributed by atoms with Crippen molar-refractivity contribution in [1.82, 2.24) is 26.0 Å². The van der Waals surface area contributed by atoms with Crippen LogP contribution in [0.2, 0.25) is 0 Å². The zero-order chi connectivity index (χ0) is 20.4. The predicted molar refractivity (Wildman–Crippen MR) is 109 cm³/mol. The minimum atomic E-state index is -0.569. The first-order chi connectivity index (χ1) is 14.7. The average Bonchev–Trinajstić information content (AvgIpc) is 3.41. The van der Waals surface area contributed by atoms with Crippen molar-refractivity contribution in [3.8, 4) is 16.9 Å². The van der Waals surface area contributed by atoms with Gasteiger partial charge >= 0.3 is 0 Å². The van der Waals surface area contributed by atoms with E-state index in [4.69, 9.17) is 9.78 Å². The second kappa shape index (κ2) is 8.00. The Morgan fingerprint density at radius 1 is 1.00 bits per heavy atom. The summed E-state index contributed by atoms with van der Waals surface area (Å²) in [6, 6.07) is 21.1. The van der Waals surface area contributed by atoms with Crippen LogP contribution in [0, 0.1) is 0 Å². The lowest BCUT2D eigenvalue weighted by Crippen LogP contribution is -2.44. The first-order valence-electron chi connectivity index (χ1n) is 10.2. The lowest BCUT2D eigenvalue weighted by Gasteiger charge is -2.29. The fourth-order valence-electron chi connectivity index (χ4n) is 3.88.